The molecule has 1 heterocycles. The van der Waals surface area contributed by atoms with Crippen molar-refractivity contribution >= 4 is 11.6 Å². The van der Waals surface area contributed by atoms with E-state index in [1.165, 1.54) is 0 Å². The quantitative estimate of drug-likeness (QED) is 0.750. The lowest BCUT2D eigenvalue weighted by molar-refractivity contribution is -0.140. The van der Waals surface area contributed by atoms with Crippen LogP contribution in [0, 0.1) is 5.82 Å². The minimum absolute atomic E-state index is 0.104. The molecule has 0 atom stereocenters. The van der Waals surface area contributed by atoms with Crippen molar-refractivity contribution in [3.63, 3.8) is 0 Å². The van der Waals surface area contributed by atoms with Gasteiger partial charge in [0.05, 0.1) is 5.56 Å². The van der Waals surface area contributed by atoms with Crippen molar-refractivity contribution in [1.82, 2.24) is 10.6 Å². The lowest BCUT2D eigenvalue weighted by atomic mass is 10.1. The Balaban J connectivity index is 2.24. The normalized spacial score (nSPS) is 15.7. The Labute approximate surface area is 124 Å². The van der Waals surface area contributed by atoms with Gasteiger partial charge in [0.1, 0.15) is 5.82 Å². The largest absolute Gasteiger partial charge is 0.419 e. The van der Waals surface area contributed by atoms with Gasteiger partial charge in [0.15, 0.2) is 0 Å². The second-order valence-electron chi connectivity index (χ2n) is 4.78. The summed E-state index contributed by atoms with van der Waals surface area (Å²) in [5, 5.41) is 8.29. The SMILES string of the molecule is CNC1=C(C(=O)Nc2ccc(F)c(C(F)(F)F)c2)CNCC1. The van der Waals surface area contributed by atoms with Crippen LogP contribution in [0.5, 0.6) is 0 Å². The molecule has 0 saturated heterocycles. The Morgan fingerprint density at radius 1 is 1.32 bits per heavy atom. The van der Waals surface area contributed by atoms with Crippen molar-refractivity contribution in [2.45, 2.75) is 12.6 Å². The lowest BCUT2D eigenvalue weighted by Gasteiger charge is -2.21. The predicted octanol–water partition coefficient (Wildman–Crippen LogP) is 2.25. The summed E-state index contributed by atoms with van der Waals surface area (Å²) in [7, 11) is 1.67. The first-order valence-corrected chi connectivity index (χ1v) is 6.61. The number of benzene rings is 1. The lowest BCUT2D eigenvalue weighted by Crippen LogP contribution is -2.34. The van der Waals surface area contributed by atoms with Gasteiger partial charge in [0, 0.05) is 43.5 Å². The summed E-state index contributed by atoms with van der Waals surface area (Å²) in [5.74, 6) is -1.89. The molecule has 0 saturated carbocycles. The highest BCUT2D eigenvalue weighted by Gasteiger charge is 2.34. The van der Waals surface area contributed by atoms with E-state index in [0.717, 1.165) is 11.8 Å². The number of carbonyl (C=O) groups excluding carboxylic acids is 1. The molecule has 0 unspecified atom stereocenters. The van der Waals surface area contributed by atoms with E-state index in [4.69, 9.17) is 0 Å². The first kappa shape index (κ1) is 16.3. The van der Waals surface area contributed by atoms with Crippen LogP contribution in [0.3, 0.4) is 0 Å². The van der Waals surface area contributed by atoms with Gasteiger partial charge in [-0.15, -0.1) is 0 Å². The van der Waals surface area contributed by atoms with Gasteiger partial charge in [-0.2, -0.15) is 13.2 Å². The number of amides is 1. The van der Waals surface area contributed by atoms with Crippen molar-refractivity contribution in [1.29, 1.82) is 0 Å². The van der Waals surface area contributed by atoms with E-state index in [9.17, 15) is 22.4 Å². The average molecular weight is 317 g/mol. The van der Waals surface area contributed by atoms with Gasteiger partial charge in [-0.1, -0.05) is 0 Å². The molecule has 0 aromatic heterocycles. The van der Waals surface area contributed by atoms with Crippen molar-refractivity contribution in [2.24, 2.45) is 0 Å². The van der Waals surface area contributed by atoms with Gasteiger partial charge in [0.25, 0.3) is 5.91 Å². The molecule has 3 N–H and O–H groups in total. The number of carbonyl (C=O) groups is 1. The number of anilines is 1. The first-order valence-electron chi connectivity index (χ1n) is 6.61. The molecular formula is C14H15F4N3O. The number of alkyl halides is 3. The maximum atomic E-state index is 13.2. The molecule has 1 aliphatic heterocycles. The Morgan fingerprint density at radius 3 is 2.68 bits per heavy atom. The molecule has 0 fully saturated rings. The molecule has 0 aliphatic carbocycles. The van der Waals surface area contributed by atoms with Crippen LogP contribution in [0.2, 0.25) is 0 Å². The first-order chi connectivity index (χ1) is 10.3. The topological polar surface area (TPSA) is 53.2 Å². The van der Waals surface area contributed by atoms with Crippen LogP contribution in [-0.2, 0) is 11.0 Å². The van der Waals surface area contributed by atoms with E-state index in [2.05, 4.69) is 16.0 Å². The Bertz CT molecular complexity index is 611. The minimum Gasteiger partial charge on any atom is -0.391 e. The van der Waals surface area contributed by atoms with Crippen molar-refractivity contribution in [3.8, 4) is 0 Å². The van der Waals surface area contributed by atoms with Crippen LogP contribution >= 0.6 is 0 Å². The molecule has 2 rings (SSSR count). The van der Waals surface area contributed by atoms with Crippen LogP contribution in [0.1, 0.15) is 12.0 Å². The zero-order valence-electron chi connectivity index (χ0n) is 11.8. The Hall–Kier alpha value is -2.09. The Kier molecular flexibility index (Phi) is 4.70. The Morgan fingerprint density at radius 2 is 2.05 bits per heavy atom. The summed E-state index contributed by atoms with van der Waals surface area (Å²) >= 11 is 0. The van der Waals surface area contributed by atoms with Crippen LogP contribution in [0.15, 0.2) is 29.5 Å². The van der Waals surface area contributed by atoms with E-state index >= 15 is 0 Å². The molecule has 1 aromatic carbocycles. The number of hydrogen-bond acceptors (Lipinski definition) is 3. The van der Waals surface area contributed by atoms with Gasteiger partial charge in [-0.3, -0.25) is 4.79 Å². The van der Waals surface area contributed by atoms with Crippen molar-refractivity contribution < 1.29 is 22.4 Å². The number of halogens is 4. The fourth-order valence-corrected chi connectivity index (χ4v) is 2.20. The molecule has 120 valence electrons. The van der Waals surface area contributed by atoms with Gasteiger partial charge in [0.2, 0.25) is 0 Å². The molecule has 0 spiro atoms. The molecule has 0 bridgehead atoms. The maximum absolute atomic E-state index is 13.2. The zero-order chi connectivity index (χ0) is 16.3. The van der Waals surface area contributed by atoms with Crippen LogP contribution < -0.4 is 16.0 Å². The van der Waals surface area contributed by atoms with Gasteiger partial charge < -0.3 is 16.0 Å². The monoisotopic (exact) mass is 317 g/mol. The van der Waals surface area contributed by atoms with Gasteiger partial charge >= 0.3 is 6.18 Å². The number of rotatable bonds is 3. The molecule has 0 radical (unpaired) electrons. The third-order valence-electron chi connectivity index (χ3n) is 3.32. The summed E-state index contributed by atoms with van der Waals surface area (Å²) in [6.07, 6.45) is -4.19. The fraction of sp³-hybridized carbons (Fsp3) is 0.357. The summed E-state index contributed by atoms with van der Waals surface area (Å²) in [5.41, 5.74) is -0.358. The number of hydrogen-bond donors (Lipinski definition) is 3. The smallest absolute Gasteiger partial charge is 0.391 e. The van der Waals surface area contributed by atoms with E-state index in [1.54, 1.807) is 7.05 Å². The highest BCUT2D eigenvalue weighted by atomic mass is 19.4. The van der Waals surface area contributed by atoms with Crippen LogP contribution in [0.25, 0.3) is 0 Å². The van der Waals surface area contributed by atoms with E-state index in [-0.39, 0.29) is 5.69 Å². The molecular weight excluding hydrogens is 302 g/mol. The van der Waals surface area contributed by atoms with E-state index < -0.39 is 23.5 Å². The molecule has 1 aliphatic rings. The summed E-state index contributed by atoms with van der Waals surface area (Å²) < 4.78 is 51.2. The predicted molar refractivity (Wildman–Crippen MR) is 73.6 cm³/mol. The van der Waals surface area contributed by atoms with E-state index in [1.807, 2.05) is 0 Å². The minimum atomic E-state index is -4.81. The fourth-order valence-electron chi connectivity index (χ4n) is 2.20. The third-order valence-corrected chi connectivity index (χ3v) is 3.32. The highest BCUT2D eigenvalue weighted by Crippen LogP contribution is 2.33. The second-order valence-corrected chi connectivity index (χ2v) is 4.78. The summed E-state index contributed by atoms with van der Waals surface area (Å²) in [6.45, 7) is 1.02. The second kappa shape index (κ2) is 6.35. The third kappa shape index (κ3) is 3.56. The van der Waals surface area contributed by atoms with Crippen molar-refractivity contribution in [3.05, 3.63) is 40.8 Å². The molecule has 1 amide bonds. The zero-order valence-corrected chi connectivity index (χ0v) is 11.8. The summed E-state index contributed by atoms with van der Waals surface area (Å²) in [6, 6.07) is 2.37. The molecule has 4 nitrogen and oxygen atoms in total. The van der Waals surface area contributed by atoms with E-state index in [0.29, 0.717) is 37.2 Å². The van der Waals surface area contributed by atoms with Gasteiger partial charge in [-0.05, 0) is 18.2 Å². The average Bonchev–Trinajstić information content (AvgIpc) is 2.48. The number of nitrogens with one attached hydrogen (secondary N) is 3. The van der Waals surface area contributed by atoms with Crippen molar-refractivity contribution in [2.75, 3.05) is 25.5 Å². The summed E-state index contributed by atoms with van der Waals surface area (Å²) in [4.78, 5) is 12.2. The molecule has 22 heavy (non-hydrogen) atoms. The van der Waals surface area contributed by atoms with Crippen LogP contribution in [-0.4, -0.2) is 26.0 Å². The highest BCUT2D eigenvalue weighted by molar-refractivity contribution is 6.04. The maximum Gasteiger partial charge on any atom is 0.419 e. The standard InChI is InChI=1S/C14H15F4N3O/c1-19-12-4-5-20-7-9(12)13(22)21-8-2-3-11(15)10(6-8)14(16,17)18/h2-3,6,19-20H,4-5,7H2,1H3,(H,21,22). The molecule has 8 heteroatoms. The van der Waals surface area contributed by atoms with Gasteiger partial charge in [-0.25, -0.2) is 4.39 Å². The molecule has 1 aromatic rings. The van der Waals surface area contributed by atoms with Crippen LogP contribution in [0.4, 0.5) is 23.2 Å².